The van der Waals surface area contributed by atoms with Crippen LogP contribution in [0.4, 0.5) is 5.69 Å². The maximum Gasteiger partial charge on any atom is 0.133 e. The maximum absolute atomic E-state index is 5.24. The number of anilines is 1. The smallest absolute Gasteiger partial charge is 0.133 e. The number of rotatable bonds is 5. The molecule has 0 spiro atoms. The SMILES string of the molecule is CCC(Nc1ccc(OC)c(Br)c1)c1ccccc1. The molecule has 1 unspecified atom stereocenters. The lowest BCUT2D eigenvalue weighted by molar-refractivity contribution is 0.412. The highest BCUT2D eigenvalue weighted by Gasteiger charge is 2.09. The van der Waals surface area contributed by atoms with Crippen molar-refractivity contribution >= 4 is 21.6 Å². The van der Waals surface area contributed by atoms with Crippen molar-refractivity contribution in [2.45, 2.75) is 19.4 Å². The van der Waals surface area contributed by atoms with Crippen molar-refractivity contribution in [1.82, 2.24) is 0 Å². The van der Waals surface area contributed by atoms with Gasteiger partial charge in [0.1, 0.15) is 5.75 Å². The molecule has 0 bridgehead atoms. The molecule has 2 aromatic rings. The lowest BCUT2D eigenvalue weighted by atomic mass is 10.0. The van der Waals surface area contributed by atoms with Gasteiger partial charge in [0.15, 0.2) is 0 Å². The summed E-state index contributed by atoms with van der Waals surface area (Å²) in [6.45, 7) is 2.18. The van der Waals surface area contributed by atoms with Crippen LogP contribution in [0.2, 0.25) is 0 Å². The zero-order valence-electron chi connectivity index (χ0n) is 11.2. The van der Waals surface area contributed by atoms with E-state index in [4.69, 9.17) is 4.74 Å². The number of benzene rings is 2. The Balaban J connectivity index is 2.17. The Kier molecular flexibility index (Phi) is 4.86. The van der Waals surface area contributed by atoms with Crippen LogP contribution in [-0.2, 0) is 0 Å². The van der Waals surface area contributed by atoms with E-state index in [9.17, 15) is 0 Å². The van der Waals surface area contributed by atoms with Gasteiger partial charge in [-0.05, 0) is 46.1 Å². The second kappa shape index (κ2) is 6.62. The Labute approximate surface area is 122 Å². The van der Waals surface area contributed by atoms with Gasteiger partial charge >= 0.3 is 0 Å². The molecule has 0 aromatic heterocycles. The average molecular weight is 320 g/mol. The van der Waals surface area contributed by atoms with Crippen molar-refractivity contribution in [2.24, 2.45) is 0 Å². The molecule has 0 fully saturated rings. The van der Waals surface area contributed by atoms with Crippen molar-refractivity contribution in [3.05, 3.63) is 58.6 Å². The van der Waals surface area contributed by atoms with E-state index < -0.39 is 0 Å². The van der Waals surface area contributed by atoms with E-state index >= 15 is 0 Å². The van der Waals surface area contributed by atoms with Crippen LogP contribution in [0.5, 0.6) is 5.75 Å². The van der Waals surface area contributed by atoms with Crippen LogP contribution in [0, 0.1) is 0 Å². The van der Waals surface area contributed by atoms with Gasteiger partial charge in [0, 0.05) is 5.69 Å². The zero-order chi connectivity index (χ0) is 13.7. The Morgan fingerprint density at radius 1 is 1.16 bits per heavy atom. The van der Waals surface area contributed by atoms with Crippen LogP contribution >= 0.6 is 15.9 Å². The van der Waals surface area contributed by atoms with Crippen LogP contribution in [0.1, 0.15) is 24.9 Å². The molecule has 0 aliphatic rings. The van der Waals surface area contributed by atoms with E-state index in [2.05, 4.69) is 52.4 Å². The highest BCUT2D eigenvalue weighted by Crippen LogP contribution is 2.30. The van der Waals surface area contributed by atoms with Crippen LogP contribution in [0.25, 0.3) is 0 Å². The standard InChI is InChI=1S/C16H18BrNO/c1-3-15(12-7-5-4-6-8-12)18-13-9-10-16(19-2)14(17)11-13/h4-11,15,18H,3H2,1-2H3. The van der Waals surface area contributed by atoms with E-state index in [-0.39, 0.29) is 0 Å². The van der Waals surface area contributed by atoms with Crippen LogP contribution in [0.3, 0.4) is 0 Å². The van der Waals surface area contributed by atoms with Crippen molar-refractivity contribution in [3.8, 4) is 5.75 Å². The summed E-state index contributed by atoms with van der Waals surface area (Å²) in [6, 6.07) is 16.9. The van der Waals surface area contributed by atoms with Gasteiger partial charge in [0.25, 0.3) is 0 Å². The highest BCUT2D eigenvalue weighted by molar-refractivity contribution is 9.10. The molecule has 2 nitrogen and oxygen atoms in total. The van der Waals surface area contributed by atoms with Crippen LogP contribution in [-0.4, -0.2) is 7.11 Å². The monoisotopic (exact) mass is 319 g/mol. The summed E-state index contributed by atoms with van der Waals surface area (Å²) in [5.74, 6) is 0.846. The van der Waals surface area contributed by atoms with Gasteiger partial charge in [-0.15, -0.1) is 0 Å². The Morgan fingerprint density at radius 3 is 2.47 bits per heavy atom. The molecule has 0 radical (unpaired) electrons. The van der Waals surface area contributed by atoms with Gasteiger partial charge in [-0.2, -0.15) is 0 Å². The van der Waals surface area contributed by atoms with E-state index in [0.29, 0.717) is 6.04 Å². The van der Waals surface area contributed by atoms with Gasteiger partial charge in [-0.25, -0.2) is 0 Å². The highest BCUT2D eigenvalue weighted by atomic mass is 79.9. The molecule has 100 valence electrons. The molecule has 0 saturated heterocycles. The molecular formula is C16H18BrNO. The first-order valence-corrected chi connectivity index (χ1v) is 7.19. The Bertz CT molecular complexity index is 528. The van der Waals surface area contributed by atoms with Crippen molar-refractivity contribution in [1.29, 1.82) is 0 Å². The molecule has 19 heavy (non-hydrogen) atoms. The summed E-state index contributed by atoms with van der Waals surface area (Å²) in [4.78, 5) is 0. The third-order valence-corrected chi connectivity index (χ3v) is 3.72. The first-order valence-electron chi connectivity index (χ1n) is 6.39. The summed E-state index contributed by atoms with van der Waals surface area (Å²) >= 11 is 3.51. The Hall–Kier alpha value is -1.48. The summed E-state index contributed by atoms with van der Waals surface area (Å²) in [5.41, 5.74) is 2.39. The van der Waals surface area contributed by atoms with Gasteiger partial charge in [0.05, 0.1) is 17.6 Å². The fourth-order valence-electron chi connectivity index (χ4n) is 2.06. The summed E-state index contributed by atoms with van der Waals surface area (Å²) < 4.78 is 6.20. The van der Waals surface area contributed by atoms with Gasteiger partial charge in [-0.3, -0.25) is 0 Å². The minimum atomic E-state index is 0.321. The fraction of sp³-hybridized carbons (Fsp3) is 0.250. The number of nitrogens with one attached hydrogen (secondary N) is 1. The van der Waals surface area contributed by atoms with Gasteiger partial charge in [0.2, 0.25) is 0 Å². The fourth-order valence-corrected chi connectivity index (χ4v) is 2.60. The number of ether oxygens (including phenoxy) is 1. The molecule has 3 heteroatoms. The topological polar surface area (TPSA) is 21.3 Å². The van der Waals surface area contributed by atoms with Crippen molar-refractivity contribution in [2.75, 3.05) is 12.4 Å². The third kappa shape index (κ3) is 3.51. The second-order valence-corrected chi connectivity index (χ2v) is 5.22. The summed E-state index contributed by atoms with van der Waals surface area (Å²) in [6.07, 6.45) is 1.04. The summed E-state index contributed by atoms with van der Waals surface area (Å²) in [7, 11) is 1.67. The van der Waals surface area contributed by atoms with Gasteiger partial charge in [-0.1, -0.05) is 37.3 Å². The average Bonchev–Trinajstić information content (AvgIpc) is 2.46. The molecule has 1 N–H and O–H groups in total. The Morgan fingerprint density at radius 2 is 1.89 bits per heavy atom. The predicted molar refractivity (Wildman–Crippen MR) is 83.8 cm³/mol. The number of hydrogen-bond acceptors (Lipinski definition) is 2. The van der Waals surface area contributed by atoms with Crippen molar-refractivity contribution in [3.63, 3.8) is 0 Å². The summed E-state index contributed by atoms with van der Waals surface area (Å²) in [5, 5.41) is 3.55. The van der Waals surface area contributed by atoms with Gasteiger partial charge < -0.3 is 10.1 Å². The van der Waals surface area contributed by atoms with Crippen molar-refractivity contribution < 1.29 is 4.74 Å². The third-order valence-electron chi connectivity index (χ3n) is 3.10. The molecule has 0 amide bonds. The minimum Gasteiger partial charge on any atom is -0.496 e. The normalized spacial score (nSPS) is 11.9. The number of methoxy groups -OCH3 is 1. The van der Waals surface area contributed by atoms with Crippen LogP contribution < -0.4 is 10.1 Å². The molecule has 2 rings (SSSR count). The maximum atomic E-state index is 5.24. The zero-order valence-corrected chi connectivity index (χ0v) is 12.8. The first kappa shape index (κ1) is 13.9. The van der Waals surface area contributed by atoms with E-state index in [1.54, 1.807) is 7.11 Å². The molecule has 0 aliphatic heterocycles. The van der Waals surface area contributed by atoms with Crippen LogP contribution in [0.15, 0.2) is 53.0 Å². The molecule has 1 atom stereocenters. The number of hydrogen-bond donors (Lipinski definition) is 1. The lowest BCUT2D eigenvalue weighted by Gasteiger charge is -2.19. The first-order chi connectivity index (χ1) is 9.24. The largest absolute Gasteiger partial charge is 0.496 e. The molecule has 0 saturated carbocycles. The van der Waals surface area contributed by atoms with E-state index in [1.165, 1.54) is 5.56 Å². The van der Waals surface area contributed by atoms with E-state index in [1.807, 2.05) is 24.3 Å². The molecular weight excluding hydrogens is 302 g/mol. The predicted octanol–water partition coefficient (Wildman–Crippen LogP) is 5.02. The lowest BCUT2D eigenvalue weighted by Crippen LogP contribution is -2.09. The molecule has 2 aromatic carbocycles. The second-order valence-electron chi connectivity index (χ2n) is 4.37. The number of halogens is 1. The molecule has 0 aliphatic carbocycles. The minimum absolute atomic E-state index is 0.321. The quantitative estimate of drug-likeness (QED) is 0.835. The molecule has 0 heterocycles. The van der Waals surface area contributed by atoms with E-state index in [0.717, 1.165) is 22.3 Å².